The highest BCUT2D eigenvalue weighted by atomic mass is 31.2. The topological polar surface area (TPSA) is 121 Å². The van der Waals surface area contributed by atoms with Crippen LogP contribution in [-0.4, -0.2) is 78.2 Å². The Kier molecular flexibility index (Phi) is 11.3. The molecule has 10 heteroatoms. The molecule has 2 amide bonds. The number of benzene rings is 1. The van der Waals surface area contributed by atoms with Crippen LogP contribution >= 0.6 is 7.60 Å². The first-order valence-electron chi connectivity index (χ1n) is 8.06. The Morgan fingerprint density at radius 2 is 1.11 bits per heavy atom. The lowest BCUT2D eigenvalue weighted by molar-refractivity contribution is -0.849. The summed E-state index contributed by atoms with van der Waals surface area (Å²) in [4.78, 5) is 43.4. The van der Waals surface area contributed by atoms with E-state index in [0.29, 0.717) is 0 Å². The highest BCUT2D eigenvalue weighted by Crippen LogP contribution is 2.45. The summed E-state index contributed by atoms with van der Waals surface area (Å²) in [6.45, 7) is 0. The first-order valence-corrected chi connectivity index (χ1v) is 9.60. The van der Waals surface area contributed by atoms with Crippen molar-refractivity contribution >= 4 is 20.4 Å². The van der Waals surface area contributed by atoms with Gasteiger partial charge in [-0.3, -0.25) is 9.59 Å². The Bertz CT molecular complexity index is 572. The van der Waals surface area contributed by atoms with Crippen molar-refractivity contribution in [2.75, 3.05) is 56.4 Å². The molecule has 2 N–H and O–H groups in total. The minimum atomic E-state index is -5.35. The molecule has 9 nitrogen and oxygen atoms in total. The van der Waals surface area contributed by atoms with Crippen LogP contribution in [0.3, 0.4) is 0 Å². The minimum Gasteiger partial charge on any atom is -0.808 e. The summed E-state index contributed by atoms with van der Waals surface area (Å²) >= 11 is 0. The fourth-order valence-corrected chi connectivity index (χ4v) is 2.26. The smallest absolute Gasteiger partial charge is 0.209 e. The highest BCUT2D eigenvalue weighted by Gasteiger charge is 2.35. The Morgan fingerprint density at radius 1 is 0.815 bits per heavy atom. The van der Waals surface area contributed by atoms with Crippen LogP contribution in [-0.2, 0) is 19.6 Å². The molecule has 0 aromatic heterocycles. The van der Waals surface area contributed by atoms with Gasteiger partial charge in [-0.25, -0.2) is 0 Å². The van der Waals surface area contributed by atoms with E-state index in [2.05, 4.69) is 56.4 Å². The predicted molar refractivity (Wildman–Crippen MR) is 102 cm³/mol. The quantitative estimate of drug-likeness (QED) is 0.268. The molecule has 0 saturated carbocycles. The van der Waals surface area contributed by atoms with Gasteiger partial charge in [0.25, 0.3) is 0 Å². The summed E-state index contributed by atoms with van der Waals surface area (Å²) in [7, 11) is 11.7. The van der Waals surface area contributed by atoms with Gasteiger partial charge in [0.15, 0.2) is 5.40 Å². The lowest BCUT2D eigenvalue weighted by Crippen LogP contribution is -2.57. The SMILES string of the molecule is C[N+](C)(C)C.C[N+](C)(C)C.O=CNC(NC=O)(c1ccccc1)P(=O)([O-])[O-]. The Morgan fingerprint density at radius 3 is 1.33 bits per heavy atom. The number of hydrogen-bond acceptors (Lipinski definition) is 5. The van der Waals surface area contributed by atoms with Gasteiger partial charge in [0.05, 0.1) is 56.4 Å². The third kappa shape index (κ3) is 14.0. The van der Waals surface area contributed by atoms with Crippen LogP contribution in [0.4, 0.5) is 0 Å². The van der Waals surface area contributed by atoms with Crippen molar-refractivity contribution in [2.45, 2.75) is 5.40 Å². The van der Waals surface area contributed by atoms with Crippen LogP contribution in [0.25, 0.3) is 0 Å². The molecule has 1 aromatic carbocycles. The van der Waals surface area contributed by atoms with Gasteiger partial charge in [-0.1, -0.05) is 30.3 Å². The largest absolute Gasteiger partial charge is 0.808 e. The molecular weight excluding hydrogens is 371 g/mol. The predicted octanol–water partition coefficient (Wildman–Crippen LogP) is -1.15. The van der Waals surface area contributed by atoms with Gasteiger partial charge in [-0.15, -0.1) is 0 Å². The third-order valence-electron chi connectivity index (χ3n) is 2.14. The molecule has 0 aliphatic rings. The molecule has 0 saturated heterocycles. The average Bonchev–Trinajstić information content (AvgIpc) is 2.43. The van der Waals surface area contributed by atoms with Crippen molar-refractivity contribution in [3.05, 3.63) is 35.9 Å². The fraction of sp³-hybridized carbons (Fsp3) is 0.529. The lowest BCUT2D eigenvalue weighted by atomic mass is 10.1. The van der Waals surface area contributed by atoms with Crippen molar-refractivity contribution in [3.63, 3.8) is 0 Å². The molecule has 1 rings (SSSR count). The average molecular weight is 404 g/mol. The van der Waals surface area contributed by atoms with Gasteiger partial charge >= 0.3 is 0 Å². The van der Waals surface area contributed by atoms with E-state index >= 15 is 0 Å². The van der Waals surface area contributed by atoms with E-state index in [9.17, 15) is 23.9 Å². The van der Waals surface area contributed by atoms with Gasteiger partial charge in [-0.2, -0.15) is 0 Å². The number of rotatable bonds is 6. The third-order valence-corrected chi connectivity index (χ3v) is 3.48. The number of nitrogens with zero attached hydrogens (tertiary/aromatic N) is 2. The molecule has 1 aromatic rings. The minimum absolute atomic E-state index is 0.0337. The van der Waals surface area contributed by atoms with E-state index < -0.39 is 13.0 Å². The van der Waals surface area contributed by atoms with Gasteiger partial charge in [0.2, 0.25) is 12.8 Å². The zero-order valence-electron chi connectivity index (χ0n) is 17.4. The standard InChI is InChI=1S/C9H11N2O5P.2C4H12N/c12-6-10-9(11-7-13,17(14,15)16)8-4-2-1-3-5-8;2*1-5(2,3)4/h1-7H,(H,10,12)(H,11,13)(H2,14,15,16);2*1-4H3/q;2*+1/p-2. The molecule has 27 heavy (non-hydrogen) atoms. The maximum Gasteiger partial charge on any atom is 0.209 e. The molecule has 0 spiro atoms. The van der Waals surface area contributed by atoms with Crippen LogP contribution in [0.5, 0.6) is 0 Å². The molecule has 0 heterocycles. The molecule has 156 valence electrons. The zero-order valence-corrected chi connectivity index (χ0v) is 18.3. The van der Waals surface area contributed by atoms with Crippen LogP contribution in [0.15, 0.2) is 30.3 Å². The number of carbonyl (C=O) groups excluding carboxylic acids is 2. The monoisotopic (exact) mass is 404 g/mol. The molecule has 0 atom stereocenters. The Hall–Kier alpha value is -1.77. The van der Waals surface area contributed by atoms with E-state index in [4.69, 9.17) is 0 Å². The van der Waals surface area contributed by atoms with Gasteiger partial charge < -0.3 is 34.0 Å². The summed E-state index contributed by atoms with van der Waals surface area (Å²) in [6.07, 6.45) is 0.0674. The molecule has 0 aliphatic heterocycles. The second kappa shape index (κ2) is 11.2. The number of nitrogens with one attached hydrogen (secondary N) is 2. The summed E-state index contributed by atoms with van der Waals surface area (Å²) < 4.78 is 13.3. The van der Waals surface area contributed by atoms with Crippen molar-refractivity contribution in [1.29, 1.82) is 0 Å². The van der Waals surface area contributed by atoms with Gasteiger partial charge in [0, 0.05) is 5.56 Å². The van der Waals surface area contributed by atoms with Crippen LogP contribution in [0.1, 0.15) is 5.56 Å². The molecular formula is C17H33N4O5P. The molecule has 0 fully saturated rings. The van der Waals surface area contributed by atoms with Crippen molar-refractivity contribution in [2.24, 2.45) is 0 Å². The summed E-state index contributed by atoms with van der Waals surface area (Å²) in [6, 6.07) is 7.14. The van der Waals surface area contributed by atoms with E-state index in [0.717, 1.165) is 8.97 Å². The Labute approximate surface area is 162 Å². The lowest BCUT2D eigenvalue weighted by Gasteiger charge is -2.48. The molecule has 0 radical (unpaired) electrons. The first-order chi connectivity index (χ1) is 12.0. The van der Waals surface area contributed by atoms with Crippen molar-refractivity contribution in [1.82, 2.24) is 10.6 Å². The summed E-state index contributed by atoms with van der Waals surface area (Å²) in [5, 5.41) is 1.22. The highest BCUT2D eigenvalue weighted by molar-refractivity contribution is 7.50. The maximum atomic E-state index is 11.3. The summed E-state index contributed by atoms with van der Waals surface area (Å²) in [5.74, 6) is 0. The fourth-order valence-electron chi connectivity index (χ4n) is 1.37. The zero-order chi connectivity index (χ0) is 21.9. The van der Waals surface area contributed by atoms with Crippen molar-refractivity contribution in [3.8, 4) is 0 Å². The molecule has 0 bridgehead atoms. The second-order valence-corrected chi connectivity index (χ2v) is 10.1. The summed E-state index contributed by atoms with van der Waals surface area (Å²) in [5.41, 5.74) is -0.0486. The normalized spacial score (nSPS) is 11.8. The maximum absolute atomic E-state index is 11.3. The van der Waals surface area contributed by atoms with Gasteiger partial charge in [-0.05, 0) is 7.60 Å². The van der Waals surface area contributed by atoms with Gasteiger partial charge in [0.1, 0.15) is 0 Å². The van der Waals surface area contributed by atoms with Crippen molar-refractivity contribution < 1.29 is 32.9 Å². The Balaban J connectivity index is 0. The first kappa shape index (κ1) is 27.4. The number of quaternary nitrogens is 2. The van der Waals surface area contributed by atoms with Crippen LogP contribution < -0.4 is 20.4 Å². The van der Waals surface area contributed by atoms with E-state index in [1.165, 1.54) is 24.3 Å². The van der Waals surface area contributed by atoms with Crippen LogP contribution in [0.2, 0.25) is 0 Å². The van der Waals surface area contributed by atoms with E-state index in [1.54, 1.807) is 6.07 Å². The second-order valence-electron chi connectivity index (χ2n) is 8.46. The number of amides is 2. The van der Waals surface area contributed by atoms with E-state index in [-0.39, 0.29) is 18.4 Å². The van der Waals surface area contributed by atoms with Crippen LogP contribution in [0, 0.1) is 0 Å². The number of hydrogen-bond donors (Lipinski definition) is 2. The molecule has 0 aliphatic carbocycles. The molecule has 0 unspecified atom stereocenters. The number of carbonyl (C=O) groups is 2. The van der Waals surface area contributed by atoms with E-state index in [1.807, 2.05) is 10.6 Å².